The summed E-state index contributed by atoms with van der Waals surface area (Å²) in [5.74, 6) is 0.0997. The highest BCUT2D eigenvalue weighted by Crippen LogP contribution is 2.38. The zero-order valence-electron chi connectivity index (χ0n) is 11.0. The van der Waals surface area contributed by atoms with Gasteiger partial charge < -0.3 is 10.0 Å². The van der Waals surface area contributed by atoms with E-state index in [-0.39, 0.29) is 17.3 Å². The van der Waals surface area contributed by atoms with Gasteiger partial charge in [0, 0.05) is 23.7 Å². The van der Waals surface area contributed by atoms with E-state index >= 15 is 0 Å². The summed E-state index contributed by atoms with van der Waals surface area (Å²) in [4.78, 5) is 2.21. The summed E-state index contributed by atoms with van der Waals surface area (Å²) in [6, 6.07) is 2.22. The zero-order chi connectivity index (χ0) is 13.5. The lowest BCUT2D eigenvalue weighted by Crippen LogP contribution is -2.42. The van der Waals surface area contributed by atoms with Gasteiger partial charge in [0.1, 0.15) is 0 Å². The van der Waals surface area contributed by atoms with Crippen molar-refractivity contribution < 1.29 is 5.11 Å². The molecule has 18 heavy (non-hydrogen) atoms. The number of halogens is 1. The van der Waals surface area contributed by atoms with Gasteiger partial charge in [-0.25, -0.2) is 0 Å². The van der Waals surface area contributed by atoms with Crippen LogP contribution in [0.4, 0.5) is 0 Å². The Labute approximate surface area is 113 Å². The van der Waals surface area contributed by atoms with Crippen LogP contribution < -0.4 is 0 Å². The Morgan fingerprint density at radius 1 is 1.50 bits per heavy atom. The van der Waals surface area contributed by atoms with Gasteiger partial charge in [-0.15, -0.1) is 11.6 Å². The lowest BCUT2D eigenvalue weighted by Gasteiger charge is -2.36. The summed E-state index contributed by atoms with van der Waals surface area (Å²) < 4.78 is 0. The first-order valence-corrected chi connectivity index (χ1v) is 6.77. The maximum absolute atomic E-state index is 10.2. The maximum atomic E-state index is 10.2. The minimum atomic E-state index is -0.651. The molecule has 0 saturated carbocycles. The van der Waals surface area contributed by atoms with Crippen LogP contribution in [0.15, 0.2) is 23.4 Å². The molecule has 98 valence electrons. The maximum Gasteiger partial charge on any atom is 0.0963 e. The van der Waals surface area contributed by atoms with E-state index in [4.69, 9.17) is 16.9 Å². The quantitative estimate of drug-likeness (QED) is 0.742. The molecule has 1 aliphatic carbocycles. The first kappa shape index (κ1) is 13.5. The van der Waals surface area contributed by atoms with Crippen molar-refractivity contribution in [3.63, 3.8) is 0 Å². The smallest absolute Gasteiger partial charge is 0.0963 e. The number of aliphatic hydroxyl groups is 1. The second-order valence-electron chi connectivity index (χ2n) is 5.49. The lowest BCUT2D eigenvalue weighted by atomic mass is 9.91. The molecule has 0 amide bonds. The monoisotopic (exact) mass is 266 g/mol. The molecule has 1 saturated heterocycles. The Kier molecular flexibility index (Phi) is 3.44. The number of likely N-dealkylation sites (tertiary alicyclic amines) is 1. The number of hydrogen-bond acceptors (Lipinski definition) is 3. The van der Waals surface area contributed by atoms with Crippen LogP contribution in [0.2, 0.25) is 0 Å². The van der Waals surface area contributed by atoms with Gasteiger partial charge in [-0.05, 0) is 32.4 Å². The summed E-state index contributed by atoms with van der Waals surface area (Å²) in [6.45, 7) is 6.78. The largest absolute Gasteiger partial charge is 0.388 e. The van der Waals surface area contributed by atoms with Gasteiger partial charge in [-0.1, -0.05) is 6.92 Å². The summed E-state index contributed by atoms with van der Waals surface area (Å²) in [5.41, 5.74) is 1.09. The van der Waals surface area contributed by atoms with Crippen LogP contribution in [0, 0.1) is 17.2 Å². The molecule has 1 N–H and O–H groups in total. The van der Waals surface area contributed by atoms with E-state index < -0.39 is 5.60 Å². The molecule has 1 aliphatic heterocycles. The van der Waals surface area contributed by atoms with E-state index in [1.54, 1.807) is 6.08 Å². The second-order valence-corrected chi connectivity index (χ2v) is 5.96. The number of hydrogen-bond donors (Lipinski definition) is 1. The molecule has 2 aliphatic rings. The van der Waals surface area contributed by atoms with Gasteiger partial charge in [0.25, 0.3) is 0 Å². The number of nitrogens with zero attached hydrogens (tertiary/aromatic N) is 2. The average Bonchev–Trinajstić information content (AvgIpc) is 2.59. The molecular weight excluding hydrogens is 248 g/mol. The van der Waals surface area contributed by atoms with Crippen molar-refractivity contribution in [3.05, 3.63) is 23.4 Å². The fourth-order valence-corrected chi connectivity index (χ4v) is 2.98. The highest BCUT2D eigenvalue weighted by atomic mass is 35.5. The molecular formula is C14H19ClN2O. The van der Waals surface area contributed by atoms with Crippen molar-refractivity contribution in [1.29, 1.82) is 5.26 Å². The van der Waals surface area contributed by atoms with E-state index in [1.165, 1.54) is 0 Å². The number of nitriles is 1. The van der Waals surface area contributed by atoms with Gasteiger partial charge >= 0.3 is 0 Å². The number of alkyl halides is 1. The van der Waals surface area contributed by atoms with Gasteiger partial charge in [0.2, 0.25) is 0 Å². The van der Waals surface area contributed by atoms with Crippen molar-refractivity contribution in [2.45, 2.75) is 44.2 Å². The Hall–Kier alpha value is -0.980. The standard InChI is InChI=1S/C14H19ClN2O/c1-9-12(5-4-11(8-16)13(9)15)17-7-6-14(3,18)10(17)2/h4-5,9-10,13,18H,6-7H2,1-3H3/t9?,10-,13?,14-/m0/s1. The van der Waals surface area contributed by atoms with Crippen LogP contribution >= 0.6 is 11.6 Å². The van der Waals surface area contributed by atoms with Crippen LogP contribution in [-0.4, -0.2) is 33.6 Å². The molecule has 4 atom stereocenters. The SMILES string of the molecule is CC1C(N2CC[C@](C)(O)[C@@H]2C)=CC=C(C#N)C1Cl. The van der Waals surface area contributed by atoms with Crippen LogP contribution in [0.5, 0.6) is 0 Å². The van der Waals surface area contributed by atoms with Crippen molar-refractivity contribution in [2.24, 2.45) is 5.92 Å². The van der Waals surface area contributed by atoms with Crippen molar-refractivity contribution in [3.8, 4) is 6.07 Å². The van der Waals surface area contributed by atoms with Crippen molar-refractivity contribution >= 4 is 11.6 Å². The van der Waals surface area contributed by atoms with Crippen LogP contribution in [0.1, 0.15) is 27.2 Å². The highest BCUT2D eigenvalue weighted by Gasteiger charge is 2.42. The fourth-order valence-electron chi connectivity index (χ4n) is 2.73. The molecule has 0 spiro atoms. The number of rotatable bonds is 1. The van der Waals surface area contributed by atoms with Gasteiger partial charge in [0.15, 0.2) is 0 Å². The minimum absolute atomic E-state index is 0.0760. The molecule has 0 aromatic heterocycles. The third-order valence-electron chi connectivity index (χ3n) is 4.32. The van der Waals surface area contributed by atoms with E-state index in [9.17, 15) is 5.11 Å². The van der Waals surface area contributed by atoms with E-state index in [2.05, 4.69) is 11.0 Å². The first-order valence-electron chi connectivity index (χ1n) is 6.33. The van der Waals surface area contributed by atoms with Crippen LogP contribution in [0.25, 0.3) is 0 Å². The fraction of sp³-hybridized carbons (Fsp3) is 0.643. The molecule has 3 nitrogen and oxygen atoms in total. The number of allylic oxidation sites excluding steroid dienone is 4. The van der Waals surface area contributed by atoms with E-state index in [1.807, 2.05) is 26.8 Å². The lowest BCUT2D eigenvalue weighted by molar-refractivity contribution is 0.0329. The molecule has 0 radical (unpaired) electrons. The molecule has 1 fully saturated rings. The third kappa shape index (κ3) is 2.04. The van der Waals surface area contributed by atoms with Crippen molar-refractivity contribution in [2.75, 3.05) is 6.54 Å². The predicted octanol–water partition coefficient (Wildman–Crippen LogP) is 2.42. The topological polar surface area (TPSA) is 47.3 Å². The van der Waals surface area contributed by atoms with E-state index in [0.717, 1.165) is 18.7 Å². The summed E-state index contributed by atoms with van der Waals surface area (Å²) in [5, 5.41) is 19.0. The molecule has 2 rings (SSSR count). The van der Waals surface area contributed by atoms with Crippen molar-refractivity contribution in [1.82, 2.24) is 4.90 Å². The summed E-state index contributed by atoms with van der Waals surface area (Å²) >= 11 is 6.30. The van der Waals surface area contributed by atoms with Gasteiger partial charge in [-0.2, -0.15) is 5.26 Å². The summed E-state index contributed by atoms with van der Waals surface area (Å²) in [7, 11) is 0. The minimum Gasteiger partial charge on any atom is -0.388 e. The third-order valence-corrected chi connectivity index (χ3v) is 4.94. The molecule has 0 aromatic carbocycles. The van der Waals surface area contributed by atoms with Crippen LogP contribution in [-0.2, 0) is 0 Å². The van der Waals surface area contributed by atoms with Gasteiger partial charge in [0.05, 0.1) is 23.1 Å². The normalized spacial score (nSPS) is 40.2. The molecule has 4 heteroatoms. The Bertz CT molecular complexity index is 447. The Morgan fingerprint density at radius 2 is 2.17 bits per heavy atom. The van der Waals surface area contributed by atoms with Crippen LogP contribution in [0.3, 0.4) is 0 Å². The average molecular weight is 267 g/mol. The first-order chi connectivity index (χ1) is 8.38. The highest BCUT2D eigenvalue weighted by molar-refractivity contribution is 6.23. The molecule has 1 heterocycles. The molecule has 0 bridgehead atoms. The molecule has 2 unspecified atom stereocenters. The molecule has 0 aromatic rings. The van der Waals surface area contributed by atoms with E-state index in [0.29, 0.717) is 5.57 Å². The second kappa shape index (κ2) is 4.60. The Morgan fingerprint density at radius 3 is 2.67 bits per heavy atom. The zero-order valence-corrected chi connectivity index (χ0v) is 11.8. The summed E-state index contributed by atoms with van der Waals surface area (Å²) in [6.07, 6.45) is 4.53. The van der Waals surface area contributed by atoms with Gasteiger partial charge in [-0.3, -0.25) is 0 Å². The Balaban J connectivity index is 2.28. The predicted molar refractivity (Wildman–Crippen MR) is 72.0 cm³/mol.